The van der Waals surface area contributed by atoms with Crippen LogP contribution in [0, 0.1) is 0 Å². The van der Waals surface area contributed by atoms with E-state index < -0.39 is 0 Å². The average Bonchev–Trinajstić information content (AvgIpc) is 1.68. The van der Waals surface area contributed by atoms with E-state index in [1.807, 2.05) is 6.92 Å². The Morgan fingerprint density at radius 3 is 2.57 bits per heavy atom. The van der Waals surface area contributed by atoms with Crippen LogP contribution in [0.15, 0.2) is 0 Å². The third-order valence-corrected chi connectivity index (χ3v) is 1.40. The van der Waals surface area contributed by atoms with Gasteiger partial charge in [0, 0.05) is 7.11 Å². The minimum Gasteiger partial charge on any atom is -0.381 e. The first-order chi connectivity index (χ1) is 3.31. The van der Waals surface area contributed by atoms with Gasteiger partial charge in [0.2, 0.25) is 0 Å². The molecule has 3 heteroatoms. The Balaban J connectivity index is 2.98. The molecule has 0 spiro atoms. The highest BCUT2D eigenvalue weighted by Crippen LogP contribution is 1.97. The van der Waals surface area contributed by atoms with Crippen LogP contribution in [0.25, 0.3) is 0 Å². The summed E-state index contributed by atoms with van der Waals surface area (Å²) in [7, 11) is 1.77. The van der Waals surface area contributed by atoms with Gasteiger partial charge in [0.15, 0.2) is 8.46 Å². The lowest BCUT2D eigenvalue weighted by molar-refractivity contribution is 0.137. The fourth-order valence-electron chi connectivity index (χ4n) is 0.180. The van der Waals surface area contributed by atoms with E-state index in [4.69, 9.17) is 4.74 Å². The molecule has 0 rings (SSSR count). The van der Waals surface area contributed by atoms with Gasteiger partial charge in [0.25, 0.3) is 0 Å². The van der Waals surface area contributed by atoms with Crippen LogP contribution < -0.4 is 0 Å². The first-order valence-electron chi connectivity index (χ1n) is 2.13. The highest BCUT2D eigenvalue weighted by molar-refractivity contribution is 7.23. The standard InChI is InChI=1S/C4H9O2P/c1-4(6-2)3-7-5/h4H,3H2,1-2H3. The summed E-state index contributed by atoms with van der Waals surface area (Å²) in [4.78, 5) is 0. The maximum atomic E-state index is 9.79. The number of rotatable bonds is 3. The lowest BCUT2D eigenvalue weighted by Gasteiger charge is -2.00. The second-order valence-corrected chi connectivity index (χ2v) is 1.98. The van der Waals surface area contributed by atoms with Gasteiger partial charge in [-0.2, -0.15) is 0 Å². The number of methoxy groups -OCH3 is 1. The quantitative estimate of drug-likeness (QED) is 0.525. The molecule has 0 aliphatic carbocycles. The van der Waals surface area contributed by atoms with Crippen molar-refractivity contribution in [3.8, 4) is 0 Å². The Kier molecular flexibility index (Phi) is 4.26. The second kappa shape index (κ2) is 4.23. The van der Waals surface area contributed by atoms with Crippen LogP contribution in [0.2, 0.25) is 0 Å². The largest absolute Gasteiger partial charge is 0.381 e. The summed E-state index contributed by atoms with van der Waals surface area (Å²) < 4.78 is 14.6. The number of hydrogen-bond acceptors (Lipinski definition) is 2. The van der Waals surface area contributed by atoms with Crippen LogP contribution in [-0.2, 0) is 9.30 Å². The van der Waals surface area contributed by atoms with Gasteiger partial charge < -0.3 is 4.74 Å². The van der Waals surface area contributed by atoms with Crippen molar-refractivity contribution >= 4 is 8.46 Å². The predicted octanol–water partition coefficient (Wildman–Crippen LogP) is 1.31. The second-order valence-electron chi connectivity index (χ2n) is 1.36. The average molecular weight is 120 g/mol. The summed E-state index contributed by atoms with van der Waals surface area (Å²) in [6, 6.07) is 0. The molecule has 0 aromatic heterocycles. The van der Waals surface area contributed by atoms with E-state index in [2.05, 4.69) is 0 Å². The van der Waals surface area contributed by atoms with Gasteiger partial charge in [0.05, 0.1) is 12.3 Å². The molecule has 0 saturated carbocycles. The van der Waals surface area contributed by atoms with E-state index in [0.29, 0.717) is 6.16 Å². The molecule has 42 valence electrons. The topological polar surface area (TPSA) is 26.3 Å². The lowest BCUT2D eigenvalue weighted by atomic mass is 10.5. The van der Waals surface area contributed by atoms with Crippen molar-refractivity contribution < 1.29 is 9.30 Å². The third-order valence-electron chi connectivity index (χ3n) is 0.734. The van der Waals surface area contributed by atoms with Crippen molar-refractivity contribution in [2.24, 2.45) is 0 Å². The molecule has 0 saturated heterocycles. The van der Waals surface area contributed by atoms with Gasteiger partial charge in [0.1, 0.15) is 0 Å². The maximum absolute atomic E-state index is 9.79. The highest BCUT2D eigenvalue weighted by Gasteiger charge is 1.94. The van der Waals surface area contributed by atoms with Gasteiger partial charge in [-0.3, -0.25) is 4.57 Å². The van der Waals surface area contributed by atoms with Crippen LogP contribution in [-0.4, -0.2) is 19.4 Å². The van der Waals surface area contributed by atoms with E-state index in [0.717, 1.165) is 0 Å². The summed E-state index contributed by atoms with van der Waals surface area (Å²) >= 11 is 0. The van der Waals surface area contributed by atoms with Gasteiger partial charge in [-0.15, -0.1) is 0 Å². The SMILES string of the molecule is COC(C)CP=O. The summed E-state index contributed by atoms with van der Waals surface area (Å²) in [5, 5.41) is 0. The molecular weight excluding hydrogens is 111 g/mol. The molecule has 0 heterocycles. The highest BCUT2D eigenvalue weighted by atomic mass is 31.1. The van der Waals surface area contributed by atoms with Crippen LogP contribution in [0.1, 0.15) is 6.92 Å². The summed E-state index contributed by atoms with van der Waals surface area (Å²) in [6.07, 6.45) is 0.718. The van der Waals surface area contributed by atoms with Crippen molar-refractivity contribution in [2.45, 2.75) is 13.0 Å². The zero-order valence-corrected chi connectivity index (χ0v) is 5.44. The molecule has 1 atom stereocenters. The zero-order chi connectivity index (χ0) is 5.70. The minimum atomic E-state index is 0.124. The Bertz CT molecular complexity index is 55.7. The van der Waals surface area contributed by atoms with Gasteiger partial charge in [-0.1, -0.05) is 0 Å². The Morgan fingerprint density at radius 1 is 1.86 bits per heavy atom. The fourth-order valence-corrected chi connectivity index (χ4v) is 0.539. The van der Waals surface area contributed by atoms with Crippen molar-refractivity contribution in [1.29, 1.82) is 0 Å². The van der Waals surface area contributed by atoms with Crippen LogP contribution in [0.4, 0.5) is 0 Å². The van der Waals surface area contributed by atoms with Crippen molar-refractivity contribution in [2.75, 3.05) is 13.3 Å². The summed E-state index contributed by atoms with van der Waals surface area (Å²) in [6.45, 7) is 1.88. The van der Waals surface area contributed by atoms with Crippen LogP contribution in [0.5, 0.6) is 0 Å². The normalized spacial score (nSPS) is 14.6. The van der Waals surface area contributed by atoms with Crippen molar-refractivity contribution in [3.05, 3.63) is 0 Å². The molecule has 0 aliphatic rings. The Morgan fingerprint density at radius 2 is 2.43 bits per heavy atom. The van der Waals surface area contributed by atoms with E-state index >= 15 is 0 Å². The maximum Gasteiger partial charge on any atom is 0.157 e. The first-order valence-corrected chi connectivity index (χ1v) is 3.13. The molecular formula is C4H9O2P. The first kappa shape index (κ1) is 7.06. The molecule has 0 aliphatic heterocycles. The molecule has 0 amide bonds. The van der Waals surface area contributed by atoms with E-state index in [1.54, 1.807) is 7.11 Å². The van der Waals surface area contributed by atoms with E-state index in [-0.39, 0.29) is 14.6 Å². The van der Waals surface area contributed by atoms with Crippen LogP contribution >= 0.6 is 8.46 Å². The number of ether oxygens (including phenoxy) is 1. The van der Waals surface area contributed by atoms with Gasteiger partial charge in [-0.25, -0.2) is 0 Å². The van der Waals surface area contributed by atoms with Crippen molar-refractivity contribution in [1.82, 2.24) is 0 Å². The third kappa shape index (κ3) is 3.90. The number of hydrogen-bond donors (Lipinski definition) is 0. The monoisotopic (exact) mass is 120 g/mol. The summed E-state index contributed by atoms with van der Waals surface area (Å²) in [5.74, 6) is 0. The molecule has 1 unspecified atom stereocenters. The van der Waals surface area contributed by atoms with E-state index in [1.165, 1.54) is 0 Å². The minimum absolute atomic E-state index is 0.124. The smallest absolute Gasteiger partial charge is 0.157 e. The molecule has 0 aromatic rings. The molecule has 0 bridgehead atoms. The Hall–Kier alpha value is 0.0600. The molecule has 0 aromatic carbocycles. The van der Waals surface area contributed by atoms with E-state index in [9.17, 15) is 4.57 Å². The summed E-state index contributed by atoms with van der Waals surface area (Å²) in [5.41, 5.74) is 0. The van der Waals surface area contributed by atoms with Crippen LogP contribution in [0.3, 0.4) is 0 Å². The van der Waals surface area contributed by atoms with Gasteiger partial charge >= 0.3 is 0 Å². The lowest BCUT2D eigenvalue weighted by Crippen LogP contribution is -2.04. The predicted molar refractivity (Wildman–Crippen MR) is 28.9 cm³/mol. The van der Waals surface area contributed by atoms with Gasteiger partial charge in [-0.05, 0) is 6.92 Å². The molecule has 0 radical (unpaired) electrons. The molecule has 0 fully saturated rings. The fraction of sp³-hybridized carbons (Fsp3) is 1.00. The molecule has 0 N–H and O–H groups in total. The van der Waals surface area contributed by atoms with Crippen molar-refractivity contribution in [3.63, 3.8) is 0 Å². The zero-order valence-electron chi connectivity index (χ0n) is 4.55. The molecule has 7 heavy (non-hydrogen) atoms. The Labute approximate surface area is 45.1 Å². The molecule has 2 nitrogen and oxygen atoms in total.